The highest BCUT2D eigenvalue weighted by molar-refractivity contribution is 5.31. The summed E-state index contributed by atoms with van der Waals surface area (Å²) >= 11 is 0. The van der Waals surface area contributed by atoms with E-state index in [0.717, 1.165) is 18.5 Å². The summed E-state index contributed by atoms with van der Waals surface area (Å²) in [5.41, 5.74) is 2.35. The fourth-order valence-electron chi connectivity index (χ4n) is 2.16. The first-order valence-electron chi connectivity index (χ1n) is 4.81. The Morgan fingerprint density at radius 3 is 2.77 bits per heavy atom. The number of nitrogens with zero attached hydrogens (tertiary/aromatic N) is 1. The Hall–Kier alpha value is -0.890. The molecule has 1 N–H and O–H groups in total. The summed E-state index contributed by atoms with van der Waals surface area (Å²) in [5, 5.41) is 9.39. The van der Waals surface area contributed by atoms with Crippen LogP contribution in [0.1, 0.15) is 30.5 Å². The van der Waals surface area contributed by atoms with Gasteiger partial charge in [0.05, 0.1) is 6.61 Å². The molecule has 1 aliphatic rings. The Morgan fingerprint density at radius 1 is 1.54 bits per heavy atom. The summed E-state index contributed by atoms with van der Waals surface area (Å²) < 4.78 is 0. The van der Waals surface area contributed by atoms with Crippen LogP contribution in [0.4, 0.5) is 0 Å². The van der Waals surface area contributed by atoms with E-state index in [4.69, 9.17) is 0 Å². The maximum Gasteiger partial charge on any atom is 0.0528 e. The number of pyridine rings is 1. The Morgan fingerprint density at radius 2 is 2.31 bits per heavy atom. The number of aliphatic hydroxyl groups is 1. The van der Waals surface area contributed by atoms with Gasteiger partial charge in [-0.2, -0.15) is 0 Å². The third-order valence-corrected chi connectivity index (χ3v) is 3.19. The molecule has 1 heterocycles. The van der Waals surface area contributed by atoms with E-state index in [2.05, 4.69) is 11.1 Å². The van der Waals surface area contributed by atoms with Crippen LogP contribution in [-0.4, -0.2) is 16.7 Å². The van der Waals surface area contributed by atoms with E-state index in [0.29, 0.717) is 0 Å². The lowest BCUT2D eigenvalue weighted by atomic mass is 9.64. The first-order valence-corrected chi connectivity index (χ1v) is 4.81. The number of aryl methyl sites for hydroxylation is 1. The molecule has 70 valence electrons. The van der Waals surface area contributed by atoms with Crippen molar-refractivity contribution in [1.29, 1.82) is 0 Å². The van der Waals surface area contributed by atoms with E-state index in [1.54, 1.807) is 0 Å². The van der Waals surface area contributed by atoms with Crippen molar-refractivity contribution in [2.24, 2.45) is 0 Å². The quantitative estimate of drug-likeness (QED) is 0.747. The molecule has 2 nitrogen and oxygen atoms in total. The molecule has 1 aromatic rings. The van der Waals surface area contributed by atoms with Crippen molar-refractivity contribution in [1.82, 2.24) is 4.98 Å². The largest absolute Gasteiger partial charge is 0.395 e. The van der Waals surface area contributed by atoms with Crippen molar-refractivity contribution in [2.75, 3.05) is 6.61 Å². The van der Waals surface area contributed by atoms with Crippen LogP contribution in [0.5, 0.6) is 0 Å². The van der Waals surface area contributed by atoms with Gasteiger partial charge in [-0.25, -0.2) is 0 Å². The van der Waals surface area contributed by atoms with Gasteiger partial charge >= 0.3 is 0 Å². The zero-order valence-corrected chi connectivity index (χ0v) is 7.95. The molecule has 1 fully saturated rings. The van der Waals surface area contributed by atoms with Crippen molar-refractivity contribution in [3.63, 3.8) is 0 Å². The molecule has 0 aliphatic heterocycles. The summed E-state index contributed by atoms with van der Waals surface area (Å²) in [6.45, 7) is 2.28. The zero-order valence-electron chi connectivity index (χ0n) is 7.95. The van der Waals surface area contributed by atoms with Crippen LogP contribution < -0.4 is 0 Å². The molecule has 1 aliphatic carbocycles. The van der Waals surface area contributed by atoms with Gasteiger partial charge in [-0.05, 0) is 31.4 Å². The molecule has 0 radical (unpaired) electrons. The Bertz CT molecular complexity index is 299. The number of rotatable bonds is 2. The average Bonchev–Trinajstić information content (AvgIpc) is 2.07. The normalized spacial score (nSPS) is 19.5. The third kappa shape index (κ3) is 1.25. The predicted octanol–water partition coefficient (Wildman–Crippen LogP) is 1.80. The van der Waals surface area contributed by atoms with Crippen LogP contribution in [-0.2, 0) is 5.41 Å². The first kappa shape index (κ1) is 8.70. The van der Waals surface area contributed by atoms with Crippen LogP contribution in [0.15, 0.2) is 18.3 Å². The molecule has 1 aromatic heterocycles. The molecule has 0 amide bonds. The van der Waals surface area contributed by atoms with Gasteiger partial charge in [-0.15, -0.1) is 0 Å². The minimum Gasteiger partial charge on any atom is -0.395 e. The molecule has 0 spiro atoms. The second-order valence-corrected chi connectivity index (χ2v) is 3.93. The van der Waals surface area contributed by atoms with Crippen LogP contribution in [0.25, 0.3) is 0 Å². The highest BCUT2D eigenvalue weighted by Gasteiger charge is 2.39. The highest BCUT2D eigenvalue weighted by atomic mass is 16.3. The monoisotopic (exact) mass is 177 g/mol. The minimum absolute atomic E-state index is 0.0400. The molecule has 1 saturated carbocycles. The SMILES string of the molecule is Cc1ncccc1C1(CO)CCC1. The van der Waals surface area contributed by atoms with E-state index in [1.807, 2.05) is 19.2 Å². The Balaban J connectivity index is 2.38. The van der Waals surface area contributed by atoms with Gasteiger partial charge in [0, 0.05) is 17.3 Å². The number of hydrogen-bond acceptors (Lipinski definition) is 2. The van der Waals surface area contributed by atoms with E-state index < -0.39 is 0 Å². The Kier molecular flexibility index (Phi) is 2.08. The summed E-state index contributed by atoms with van der Waals surface area (Å²) in [5.74, 6) is 0. The maximum atomic E-state index is 9.39. The van der Waals surface area contributed by atoms with E-state index >= 15 is 0 Å². The van der Waals surface area contributed by atoms with Gasteiger partial charge in [0.25, 0.3) is 0 Å². The van der Waals surface area contributed by atoms with Gasteiger partial charge in [0.15, 0.2) is 0 Å². The van der Waals surface area contributed by atoms with Crippen molar-refractivity contribution in [3.05, 3.63) is 29.6 Å². The molecule has 0 atom stereocenters. The molecule has 13 heavy (non-hydrogen) atoms. The highest BCUT2D eigenvalue weighted by Crippen LogP contribution is 2.43. The molecular weight excluding hydrogens is 162 g/mol. The van der Waals surface area contributed by atoms with Crippen molar-refractivity contribution in [3.8, 4) is 0 Å². The van der Waals surface area contributed by atoms with Crippen LogP contribution in [0.3, 0.4) is 0 Å². The van der Waals surface area contributed by atoms with Crippen LogP contribution in [0, 0.1) is 6.92 Å². The first-order chi connectivity index (χ1) is 6.28. The summed E-state index contributed by atoms with van der Waals surface area (Å²) in [6.07, 6.45) is 5.25. The average molecular weight is 177 g/mol. The lowest BCUT2D eigenvalue weighted by Crippen LogP contribution is -2.38. The molecule has 0 unspecified atom stereocenters. The fourth-order valence-corrected chi connectivity index (χ4v) is 2.16. The second-order valence-electron chi connectivity index (χ2n) is 3.93. The fraction of sp³-hybridized carbons (Fsp3) is 0.545. The van der Waals surface area contributed by atoms with Gasteiger partial charge in [0.2, 0.25) is 0 Å². The third-order valence-electron chi connectivity index (χ3n) is 3.19. The molecule has 0 bridgehead atoms. The second kappa shape index (κ2) is 3.11. The van der Waals surface area contributed by atoms with Crippen molar-refractivity contribution in [2.45, 2.75) is 31.6 Å². The van der Waals surface area contributed by atoms with Gasteiger partial charge in [0.1, 0.15) is 0 Å². The standard InChI is InChI=1S/C11H15NO/c1-9-10(4-2-7-12-9)11(8-13)5-3-6-11/h2,4,7,13H,3,5-6,8H2,1H3. The van der Waals surface area contributed by atoms with E-state index in [1.165, 1.54) is 12.0 Å². The minimum atomic E-state index is 0.0400. The molecule has 0 aromatic carbocycles. The maximum absolute atomic E-state index is 9.39. The smallest absolute Gasteiger partial charge is 0.0528 e. The zero-order chi connectivity index (χ0) is 9.31. The van der Waals surface area contributed by atoms with Crippen LogP contribution in [0.2, 0.25) is 0 Å². The molecule has 0 saturated heterocycles. The molecule has 2 heteroatoms. The summed E-state index contributed by atoms with van der Waals surface area (Å²) in [7, 11) is 0. The number of hydrogen-bond donors (Lipinski definition) is 1. The molecular formula is C11H15NO. The van der Waals surface area contributed by atoms with Gasteiger partial charge < -0.3 is 5.11 Å². The predicted molar refractivity (Wildman–Crippen MR) is 51.6 cm³/mol. The van der Waals surface area contributed by atoms with Crippen molar-refractivity contribution < 1.29 is 5.11 Å². The van der Waals surface area contributed by atoms with Gasteiger partial charge in [-0.1, -0.05) is 12.5 Å². The van der Waals surface area contributed by atoms with E-state index in [9.17, 15) is 5.11 Å². The van der Waals surface area contributed by atoms with E-state index in [-0.39, 0.29) is 12.0 Å². The summed E-state index contributed by atoms with van der Waals surface area (Å²) in [4.78, 5) is 4.26. The molecule has 2 rings (SSSR count). The lowest BCUT2D eigenvalue weighted by Gasteiger charge is -2.41. The number of aromatic nitrogens is 1. The summed E-state index contributed by atoms with van der Waals surface area (Å²) in [6, 6.07) is 4.05. The lowest BCUT2D eigenvalue weighted by molar-refractivity contribution is 0.119. The topological polar surface area (TPSA) is 33.1 Å². The van der Waals surface area contributed by atoms with Crippen molar-refractivity contribution >= 4 is 0 Å². The van der Waals surface area contributed by atoms with Crippen LogP contribution >= 0.6 is 0 Å². The van der Waals surface area contributed by atoms with Gasteiger partial charge in [-0.3, -0.25) is 4.98 Å². The Labute approximate surface area is 78.6 Å². The number of aliphatic hydroxyl groups excluding tert-OH is 1.